The Labute approximate surface area is 140 Å². The summed E-state index contributed by atoms with van der Waals surface area (Å²) in [6.45, 7) is 4.45. The van der Waals surface area contributed by atoms with Crippen molar-refractivity contribution in [3.05, 3.63) is 47.1 Å². The van der Waals surface area contributed by atoms with Crippen LogP contribution in [-0.4, -0.2) is 33.7 Å². The van der Waals surface area contributed by atoms with Gasteiger partial charge in [-0.25, -0.2) is 4.79 Å². The van der Waals surface area contributed by atoms with Gasteiger partial charge in [0.25, 0.3) is 0 Å². The van der Waals surface area contributed by atoms with E-state index < -0.39 is 5.97 Å². The minimum atomic E-state index is -0.948. The van der Waals surface area contributed by atoms with Gasteiger partial charge in [0.05, 0.1) is 5.56 Å². The maximum Gasteiger partial charge on any atom is 0.335 e. The van der Waals surface area contributed by atoms with Gasteiger partial charge >= 0.3 is 5.97 Å². The number of hydrogen-bond donors (Lipinski definition) is 2. The molecule has 2 rings (SSSR count). The molecule has 2 N–H and O–H groups in total. The zero-order valence-electron chi connectivity index (χ0n) is 13.8. The highest BCUT2D eigenvalue weighted by atomic mass is 16.5. The van der Waals surface area contributed by atoms with Gasteiger partial charge in [0.15, 0.2) is 5.82 Å². The fraction of sp³-hybridized carbons (Fsp3) is 0.412. The maximum atomic E-state index is 11.8. The van der Waals surface area contributed by atoms with Crippen LogP contribution in [0.4, 0.5) is 0 Å². The van der Waals surface area contributed by atoms with E-state index in [1.54, 1.807) is 24.3 Å². The quantitative estimate of drug-likeness (QED) is 0.768. The molecule has 0 radical (unpaired) electrons. The van der Waals surface area contributed by atoms with Crippen LogP contribution in [0.1, 0.15) is 53.8 Å². The van der Waals surface area contributed by atoms with Gasteiger partial charge in [-0.2, -0.15) is 4.98 Å². The molecule has 0 aliphatic rings. The average Bonchev–Trinajstić information content (AvgIpc) is 3.03. The molecule has 0 fully saturated rings. The molecule has 7 nitrogen and oxygen atoms in total. The van der Waals surface area contributed by atoms with Crippen molar-refractivity contribution >= 4 is 11.9 Å². The monoisotopic (exact) mass is 331 g/mol. The zero-order valence-corrected chi connectivity index (χ0v) is 13.8. The summed E-state index contributed by atoms with van der Waals surface area (Å²) in [6, 6.07) is 6.62. The number of aryl methyl sites for hydroxylation is 1. The molecule has 0 unspecified atom stereocenters. The third-order valence-corrected chi connectivity index (χ3v) is 3.50. The number of hydrogen-bond acceptors (Lipinski definition) is 5. The molecule has 0 spiro atoms. The lowest BCUT2D eigenvalue weighted by Crippen LogP contribution is -2.25. The van der Waals surface area contributed by atoms with Crippen molar-refractivity contribution in [2.75, 3.05) is 6.54 Å². The summed E-state index contributed by atoms with van der Waals surface area (Å²) in [5, 5.41) is 15.5. The van der Waals surface area contributed by atoms with Crippen LogP contribution in [0.15, 0.2) is 28.8 Å². The first-order valence-electron chi connectivity index (χ1n) is 7.87. The van der Waals surface area contributed by atoms with E-state index in [0.717, 1.165) is 5.56 Å². The Bertz CT molecular complexity index is 692. The van der Waals surface area contributed by atoms with Crippen LogP contribution in [0.3, 0.4) is 0 Å². The molecule has 0 aliphatic heterocycles. The van der Waals surface area contributed by atoms with Crippen LogP contribution in [0.2, 0.25) is 0 Å². The maximum absolute atomic E-state index is 11.8. The van der Waals surface area contributed by atoms with Crippen molar-refractivity contribution in [3.63, 3.8) is 0 Å². The van der Waals surface area contributed by atoms with Crippen LogP contribution in [0, 0.1) is 0 Å². The first-order valence-corrected chi connectivity index (χ1v) is 7.87. The second-order valence-electron chi connectivity index (χ2n) is 5.80. The van der Waals surface area contributed by atoms with E-state index in [4.69, 9.17) is 9.63 Å². The van der Waals surface area contributed by atoms with Crippen molar-refractivity contribution < 1.29 is 19.2 Å². The summed E-state index contributed by atoms with van der Waals surface area (Å²) in [6.07, 6.45) is 1.35. The molecule has 1 heterocycles. The van der Waals surface area contributed by atoms with E-state index in [-0.39, 0.29) is 23.8 Å². The summed E-state index contributed by atoms with van der Waals surface area (Å²) in [5.41, 5.74) is 1.22. The van der Waals surface area contributed by atoms with Gasteiger partial charge in [-0.05, 0) is 24.1 Å². The molecule has 1 aromatic heterocycles. The Hall–Kier alpha value is -2.70. The molecule has 7 heteroatoms. The molecular weight excluding hydrogens is 310 g/mol. The van der Waals surface area contributed by atoms with E-state index in [0.29, 0.717) is 31.1 Å². The van der Waals surface area contributed by atoms with Gasteiger partial charge in [-0.1, -0.05) is 31.1 Å². The minimum Gasteiger partial charge on any atom is -0.478 e. The number of nitrogens with one attached hydrogen (secondary N) is 1. The molecule has 24 heavy (non-hydrogen) atoms. The van der Waals surface area contributed by atoms with E-state index in [1.165, 1.54) is 0 Å². The molecule has 1 aromatic carbocycles. The third-order valence-electron chi connectivity index (χ3n) is 3.50. The summed E-state index contributed by atoms with van der Waals surface area (Å²) in [7, 11) is 0. The van der Waals surface area contributed by atoms with Gasteiger partial charge in [0, 0.05) is 25.3 Å². The van der Waals surface area contributed by atoms with Crippen molar-refractivity contribution in [2.24, 2.45) is 0 Å². The lowest BCUT2D eigenvalue weighted by Gasteiger charge is -2.05. The van der Waals surface area contributed by atoms with E-state index in [1.807, 2.05) is 13.8 Å². The van der Waals surface area contributed by atoms with E-state index in [2.05, 4.69) is 15.5 Å². The topological polar surface area (TPSA) is 105 Å². The number of benzene rings is 1. The highest BCUT2D eigenvalue weighted by Crippen LogP contribution is 2.10. The predicted octanol–water partition coefficient (Wildman–Crippen LogP) is 2.18. The van der Waals surface area contributed by atoms with Crippen LogP contribution in [-0.2, 0) is 17.6 Å². The number of carbonyl (C=O) groups excluding carboxylic acids is 1. The predicted molar refractivity (Wildman–Crippen MR) is 86.8 cm³/mol. The number of carboxylic acids is 1. The summed E-state index contributed by atoms with van der Waals surface area (Å²) in [5.74, 6) is 0.287. The molecule has 0 saturated heterocycles. The summed E-state index contributed by atoms with van der Waals surface area (Å²) < 4.78 is 5.09. The van der Waals surface area contributed by atoms with E-state index in [9.17, 15) is 9.59 Å². The second kappa shape index (κ2) is 8.24. The molecule has 128 valence electrons. The highest BCUT2D eigenvalue weighted by Gasteiger charge is 2.11. The molecule has 0 atom stereocenters. The van der Waals surface area contributed by atoms with Gasteiger partial charge < -0.3 is 14.9 Å². The Balaban J connectivity index is 1.70. The highest BCUT2D eigenvalue weighted by molar-refractivity contribution is 5.87. The van der Waals surface area contributed by atoms with Crippen LogP contribution in [0.5, 0.6) is 0 Å². The lowest BCUT2D eigenvalue weighted by atomic mass is 10.1. The number of rotatable bonds is 8. The van der Waals surface area contributed by atoms with Crippen molar-refractivity contribution in [3.8, 4) is 0 Å². The molecule has 2 aromatic rings. The van der Waals surface area contributed by atoms with Gasteiger partial charge in [0.2, 0.25) is 11.8 Å². The largest absolute Gasteiger partial charge is 0.478 e. The van der Waals surface area contributed by atoms with Crippen LogP contribution < -0.4 is 5.32 Å². The SMILES string of the molecule is CC(C)c1noc(CCC(=O)NCCc2ccc(C(=O)O)cc2)n1. The molecule has 0 bridgehead atoms. The summed E-state index contributed by atoms with van der Waals surface area (Å²) >= 11 is 0. The number of aromatic nitrogens is 2. The van der Waals surface area contributed by atoms with Crippen molar-refractivity contribution in [1.82, 2.24) is 15.5 Å². The van der Waals surface area contributed by atoms with Crippen LogP contribution in [0.25, 0.3) is 0 Å². The Kier molecular flexibility index (Phi) is 6.06. The lowest BCUT2D eigenvalue weighted by molar-refractivity contribution is -0.121. The minimum absolute atomic E-state index is 0.0820. The van der Waals surface area contributed by atoms with Crippen molar-refractivity contribution in [2.45, 2.75) is 39.0 Å². The fourth-order valence-electron chi connectivity index (χ4n) is 2.07. The smallest absolute Gasteiger partial charge is 0.335 e. The van der Waals surface area contributed by atoms with E-state index >= 15 is 0 Å². The van der Waals surface area contributed by atoms with Crippen molar-refractivity contribution in [1.29, 1.82) is 0 Å². The first kappa shape index (κ1) is 17.7. The van der Waals surface area contributed by atoms with Crippen LogP contribution >= 0.6 is 0 Å². The Morgan fingerprint density at radius 3 is 2.50 bits per heavy atom. The number of nitrogens with zero attached hydrogens (tertiary/aromatic N) is 2. The second-order valence-corrected chi connectivity index (χ2v) is 5.80. The van der Waals surface area contributed by atoms with Gasteiger partial charge in [0.1, 0.15) is 0 Å². The molecule has 1 amide bonds. The molecular formula is C17H21N3O4. The fourth-order valence-corrected chi connectivity index (χ4v) is 2.07. The Morgan fingerprint density at radius 2 is 1.92 bits per heavy atom. The standard InChI is InChI=1S/C17H21N3O4/c1-11(2)16-19-15(24-20-16)8-7-14(21)18-10-9-12-3-5-13(6-4-12)17(22)23/h3-6,11H,7-10H2,1-2H3,(H,18,21)(H,22,23). The normalized spacial score (nSPS) is 10.8. The zero-order chi connectivity index (χ0) is 17.5. The first-order chi connectivity index (χ1) is 11.5. The van der Waals surface area contributed by atoms with Gasteiger partial charge in [-0.3, -0.25) is 4.79 Å². The number of amides is 1. The molecule has 0 aliphatic carbocycles. The number of aromatic carboxylic acids is 1. The summed E-state index contributed by atoms with van der Waals surface area (Å²) in [4.78, 5) is 26.8. The Morgan fingerprint density at radius 1 is 1.21 bits per heavy atom. The third kappa shape index (κ3) is 5.19. The number of carbonyl (C=O) groups is 2. The van der Waals surface area contributed by atoms with Gasteiger partial charge in [-0.15, -0.1) is 0 Å². The molecule has 0 saturated carbocycles. The number of carboxylic acid groups (broad SMARTS) is 1. The average molecular weight is 331 g/mol.